The highest BCUT2D eigenvalue weighted by molar-refractivity contribution is 4.68. The van der Waals surface area contributed by atoms with Crippen LogP contribution >= 0.6 is 0 Å². The van der Waals surface area contributed by atoms with Crippen LogP contribution in [0.5, 0.6) is 0 Å². The molecule has 0 rings (SSSR count). The molecule has 0 aromatic carbocycles. The van der Waals surface area contributed by atoms with Crippen LogP contribution in [-0.4, -0.2) is 38.8 Å². The number of hydrogen-bond acceptors (Lipinski definition) is 3. The van der Waals surface area contributed by atoms with Crippen LogP contribution in [0.1, 0.15) is 149 Å². The Kier molecular flexibility index (Phi) is 28.8. The summed E-state index contributed by atoms with van der Waals surface area (Å²) >= 11 is 0. The number of rotatable bonds is 28. The number of nitrogens with one attached hydrogen (secondary N) is 3. The van der Waals surface area contributed by atoms with Gasteiger partial charge in [0, 0.05) is 6.04 Å². The Labute approximate surface area is 204 Å². The third-order valence-electron chi connectivity index (χ3n) is 6.69. The second-order valence-electron chi connectivity index (χ2n) is 10.0. The zero-order valence-electron chi connectivity index (χ0n) is 22.8. The van der Waals surface area contributed by atoms with Crippen LogP contribution in [0.3, 0.4) is 0 Å². The van der Waals surface area contributed by atoms with Gasteiger partial charge in [-0.05, 0) is 71.2 Å². The summed E-state index contributed by atoms with van der Waals surface area (Å²) in [4.78, 5) is 0. The first-order valence-electron chi connectivity index (χ1n) is 15.0. The second kappa shape index (κ2) is 28.9. The Morgan fingerprint density at radius 2 is 0.750 bits per heavy atom. The number of unbranched alkanes of at least 4 members (excludes halogenated alkanes) is 13. The minimum atomic E-state index is 0.756. The first kappa shape index (κ1) is 31.9. The highest BCUT2D eigenvalue weighted by Gasteiger charge is 2.07. The Balaban J connectivity index is 3.57. The van der Waals surface area contributed by atoms with Gasteiger partial charge in [-0.1, -0.05) is 111 Å². The normalized spacial score (nSPS) is 11.6. The van der Waals surface area contributed by atoms with Gasteiger partial charge >= 0.3 is 0 Å². The highest BCUT2D eigenvalue weighted by atomic mass is 14.9. The predicted octanol–water partition coefficient (Wildman–Crippen LogP) is 7.99. The van der Waals surface area contributed by atoms with Crippen molar-refractivity contribution in [3.05, 3.63) is 0 Å². The summed E-state index contributed by atoms with van der Waals surface area (Å²) < 4.78 is 0. The van der Waals surface area contributed by atoms with Crippen molar-refractivity contribution in [3.63, 3.8) is 0 Å². The first-order valence-corrected chi connectivity index (χ1v) is 15.0. The molecule has 0 saturated heterocycles. The molecule has 32 heavy (non-hydrogen) atoms. The zero-order chi connectivity index (χ0) is 23.4. The average molecular weight is 454 g/mol. The van der Waals surface area contributed by atoms with Gasteiger partial charge in [0.05, 0.1) is 0 Å². The Bertz CT molecular complexity index is 308. The van der Waals surface area contributed by atoms with E-state index in [-0.39, 0.29) is 0 Å². The van der Waals surface area contributed by atoms with E-state index < -0.39 is 0 Å². The van der Waals surface area contributed by atoms with E-state index in [1.807, 2.05) is 0 Å². The van der Waals surface area contributed by atoms with Gasteiger partial charge in [-0.3, -0.25) is 0 Å². The van der Waals surface area contributed by atoms with E-state index in [1.165, 1.54) is 155 Å². The molecule has 0 unspecified atom stereocenters. The first-order chi connectivity index (χ1) is 15.8. The Morgan fingerprint density at radius 3 is 1.22 bits per heavy atom. The Morgan fingerprint density at radius 1 is 0.375 bits per heavy atom. The number of hydrogen-bond donors (Lipinski definition) is 3. The van der Waals surface area contributed by atoms with Gasteiger partial charge < -0.3 is 16.0 Å². The van der Waals surface area contributed by atoms with Crippen LogP contribution < -0.4 is 16.0 Å². The molecule has 3 nitrogen and oxygen atoms in total. The van der Waals surface area contributed by atoms with Crippen molar-refractivity contribution < 1.29 is 0 Å². The van der Waals surface area contributed by atoms with E-state index in [0.717, 1.165) is 12.6 Å². The Hall–Kier alpha value is -0.120. The topological polar surface area (TPSA) is 36.1 Å². The fourth-order valence-corrected chi connectivity index (χ4v) is 4.46. The van der Waals surface area contributed by atoms with Crippen LogP contribution in [0, 0.1) is 0 Å². The molecular formula is C29H63N3. The van der Waals surface area contributed by atoms with Crippen molar-refractivity contribution in [1.29, 1.82) is 0 Å². The highest BCUT2D eigenvalue weighted by Crippen LogP contribution is 2.13. The van der Waals surface area contributed by atoms with E-state index in [9.17, 15) is 0 Å². The quantitative estimate of drug-likeness (QED) is 0.105. The van der Waals surface area contributed by atoms with Crippen molar-refractivity contribution in [3.8, 4) is 0 Å². The molecule has 0 bridgehead atoms. The average Bonchev–Trinajstić information content (AvgIpc) is 2.80. The summed E-state index contributed by atoms with van der Waals surface area (Å²) in [6.45, 7) is 12.8. The maximum absolute atomic E-state index is 3.89. The van der Waals surface area contributed by atoms with Crippen molar-refractivity contribution in [2.24, 2.45) is 0 Å². The molecule has 0 spiro atoms. The molecule has 3 heteroatoms. The molecule has 0 radical (unpaired) electrons. The minimum absolute atomic E-state index is 0.756. The van der Waals surface area contributed by atoms with Gasteiger partial charge in [0.1, 0.15) is 0 Å². The zero-order valence-corrected chi connectivity index (χ0v) is 22.8. The van der Waals surface area contributed by atoms with Gasteiger partial charge in [-0.25, -0.2) is 0 Å². The summed E-state index contributed by atoms with van der Waals surface area (Å²) in [6.07, 6.45) is 27.6. The maximum atomic E-state index is 3.89. The van der Waals surface area contributed by atoms with Gasteiger partial charge in [0.2, 0.25) is 0 Å². The van der Waals surface area contributed by atoms with Gasteiger partial charge in [0.25, 0.3) is 0 Å². The van der Waals surface area contributed by atoms with Gasteiger partial charge in [-0.2, -0.15) is 0 Å². The van der Waals surface area contributed by atoms with Crippen molar-refractivity contribution in [2.75, 3.05) is 32.7 Å². The lowest BCUT2D eigenvalue weighted by molar-refractivity contribution is 0.408. The summed E-state index contributed by atoms with van der Waals surface area (Å²) in [5, 5.41) is 11.1. The molecule has 0 aromatic heterocycles. The molecule has 3 N–H and O–H groups in total. The maximum Gasteiger partial charge on any atom is 0.00670 e. The van der Waals surface area contributed by atoms with E-state index in [4.69, 9.17) is 0 Å². The summed E-state index contributed by atoms with van der Waals surface area (Å²) in [7, 11) is 0. The summed E-state index contributed by atoms with van der Waals surface area (Å²) in [6, 6.07) is 0.756. The van der Waals surface area contributed by atoms with Gasteiger partial charge in [-0.15, -0.1) is 0 Å². The smallest absolute Gasteiger partial charge is 0.00670 e. The van der Waals surface area contributed by atoms with Crippen molar-refractivity contribution in [1.82, 2.24) is 16.0 Å². The molecule has 0 amide bonds. The molecule has 0 aliphatic carbocycles. The fourth-order valence-electron chi connectivity index (χ4n) is 4.46. The molecule has 0 aromatic rings. The standard InChI is InChI=1S/C29H63N3/c1-4-7-10-13-16-22-29(23-17-14-11-8-5-2)32-28-21-27-31-26-20-19-25-30-24-18-15-12-9-6-3/h29-32H,4-28H2,1-3H3. The molecule has 194 valence electrons. The van der Waals surface area contributed by atoms with E-state index in [0.29, 0.717) is 0 Å². The lowest BCUT2D eigenvalue weighted by Gasteiger charge is -2.19. The molecule has 0 aliphatic rings. The van der Waals surface area contributed by atoms with Crippen molar-refractivity contribution in [2.45, 2.75) is 155 Å². The van der Waals surface area contributed by atoms with Crippen molar-refractivity contribution >= 4 is 0 Å². The SMILES string of the molecule is CCCCCCCNCCCCNCCCNC(CCCCCCC)CCCCCCC. The monoisotopic (exact) mass is 454 g/mol. The van der Waals surface area contributed by atoms with Crippen LogP contribution in [0.2, 0.25) is 0 Å². The summed E-state index contributed by atoms with van der Waals surface area (Å²) in [5.74, 6) is 0. The third kappa shape index (κ3) is 26.1. The lowest BCUT2D eigenvalue weighted by Crippen LogP contribution is -2.32. The largest absolute Gasteiger partial charge is 0.317 e. The molecule has 0 fully saturated rings. The van der Waals surface area contributed by atoms with E-state index in [2.05, 4.69) is 36.7 Å². The van der Waals surface area contributed by atoms with Crippen LogP contribution in [-0.2, 0) is 0 Å². The molecular weight excluding hydrogens is 390 g/mol. The van der Waals surface area contributed by atoms with Crippen LogP contribution in [0.15, 0.2) is 0 Å². The molecule has 0 atom stereocenters. The molecule has 0 heterocycles. The molecule has 0 aliphatic heterocycles. The van der Waals surface area contributed by atoms with Gasteiger partial charge in [0.15, 0.2) is 0 Å². The minimum Gasteiger partial charge on any atom is -0.317 e. The van der Waals surface area contributed by atoms with Crippen LogP contribution in [0.4, 0.5) is 0 Å². The van der Waals surface area contributed by atoms with E-state index >= 15 is 0 Å². The van der Waals surface area contributed by atoms with Crippen LogP contribution in [0.25, 0.3) is 0 Å². The fraction of sp³-hybridized carbons (Fsp3) is 1.00. The lowest BCUT2D eigenvalue weighted by atomic mass is 10.0. The second-order valence-corrected chi connectivity index (χ2v) is 10.0. The van der Waals surface area contributed by atoms with E-state index in [1.54, 1.807) is 0 Å². The molecule has 0 saturated carbocycles. The third-order valence-corrected chi connectivity index (χ3v) is 6.69. The predicted molar refractivity (Wildman–Crippen MR) is 147 cm³/mol. The summed E-state index contributed by atoms with van der Waals surface area (Å²) in [5.41, 5.74) is 0.